The van der Waals surface area contributed by atoms with Crippen LogP contribution in [0.15, 0.2) is 0 Å². The maximum atomic E-state index is 11.2. The molecule has 16 heavy (non-hydrogen) atoms. The van der Waals surface area contributed by atoms with Gasteiger partial charge in [-0.05, 0) is 6.42 Å². The lowest BCUT2D eigenvalue weighted by Crippen LogP contribution is -2.38. The number of hydrogen-bond donors (Lipinski definition) is 3. The number of nitrogens with two attached hydrogens (primary N) is 1. The summed E-state index contributed by atoms with van der Waals surface area (Å²) in [4.78, 5) is 11.2. The highest BCUT2D eigenvalue weighted by atomic mass is 16.5. The average Bonchev–Trinajstić information content (AvgIpc) is 2.25. The van der Waals surface area contributed by atoms with E-state index in [4.69, 9.17) is 27.1 Å². The first kappa shape index (κ1) is 15.1. The van der Waals surface area contributed by atoms with Crippen molar-refractivity contribution in [2.24, 2.45) is 5.73 Å². The summed E-state index contributed by atoms with van der Waals surface area (Å²) < 4.78 is 5.07. The Morgan fingerprint density at radius 3 is 2.69 bits per heavy atom. The number of ether oxygens (including phenoxy) is 1. The lowest BCUT2D eigenvalue weighted by molar-refractivity contribution is -0.119. The molecule has 5 nitrogen and oxygen atoms in total. The molecule has 0 aromatic carbocycles. The summed E-state index contributed by atoms with van der Waals surface area (Å²) >= 11 is 0. The van der Waals surface area contributed by atoms with Gasteiger partial charge in [-0.3, -0.25) is 4.79 Å². The Bertz CT molecular complexity index is 235. The minimum Gasteiger partial charge on any atom is -0.380 e. The zero-order valence-electron chi connectivity index (χ0n) is 9.26. The van der Waals surface area contributed by atoms with Gasteiger partial charge in [-0.25, -0.2) is 0 Å². The first-order valence-corrected chi connectivity index (χ1v) is 5.22. The molecule has 0 unspecified atom stereocenters. The highest BCUT2D eigenvalue weighted by Gasteiger charge is 2.10. The Hall–Kier alpha value is -0.930. The van der Waals surface area contributed by atoms with E-state index in [1.165, 1.54) is 0 Å². The number of ketones is 1. The minimum atomic E-state index is -1.57. The largest absolute Gasteiger partial charge is 0.380 e. The zero-order chi connectivity index (χ0) is 12.4. The summed E-state index contributed by atoms with van der Waals surface area (Å²) in [7, 11) is 0. The maximum Gasteiger partial charge on any atom is 0.169 e. The Morgan fingerprint density at radius 2 is 2.12 bits per heavy atom. The monoisotopic (exact) mass is 229 g/mol. The quantitative estimate of drug-likeness (QED) is 0.279. The van der Waals surface area contributed by atoms with Crippen LogP contribution >= 0.6 is 0 Å². The number of hydrogen-bond acceptors (Lipinski definition) is 5. The fourth-order valence-electron chi connectivity index (χ4n) is 1.01. The van der Waals surface area contributed by atoms with Crippen molar-refractivity contribution in [2.75, 3.05) is 13.2 Å². The summed E-state index contributed by atoms with van der Waals surface area (Å²) in [5.74, 6) is 2.52. The second kappa shape index (κ2) is 9.31. The number of terminal acetylenes is 1. The van der Waals surface area contributed by atoms with Crippen molar-refractivity contribution >= 4 is 5.78 Å². The van der Waals surface area contributed by atoms with Crippen LogP contribution in [0.2, 0.25) is 0 Å². The predicted molar refractivity (Wildman–Crippen MR) is 59.3 cm³/mol. The normalized spacial score (nSPS) is 12.4. The molecule has 0 aliphatic carbocycles. The second-order valence-electron chi connectivity index (χ2n) is 3.50. The molecule has 0 radical (unpaired) electrons. The molecule has 0 aliphatic heterocycles. The van der Waals surface area contributed by atoms with Crippen molar-refractivity contribution in [3.63, 3.8) is 0 Å². The topological polar surface area (TPSA) is 92.8 Å². The smallest absolute Gasteiger partial charge is 0.169 e. The number of aliphatic hydroxyl groups excluding tert-OH is 1. The fraction of sp³-hybridized carbons (Fsp3) is 0.727. The molecular formula is C11H19NO4. The molecule has 5 heteroatoms. The Labute approximate surface area is 95.6 Å². The number of carbonyl (C=O) groups excluding carboxylic acids is 1. The van der Waals surface area contributed by atoms with E-state index in [-0.39, 0.29) is 12.4 Å². The van der Waals surface area contributed by atoms with E-state index in [2.05, 4.69) is 5.92 Å². The molecule has 0 spiro atoms. The van der Waals surface area contributed by atoms with Crippen molar-refractivity contribution in [2.45, 2.75) is 38.0 Å². The average molecular weight is 229 g/mol. The molecule has 1 atom stereocenters. The van der Waals surface area contributed by atoms with Crippen molar-refractivity contribution in [3.05, 3.63) is 0 Å². The minimum absolute atomic E-state index is 0.0657. The van der Waals surface area contributed by atoms with Gasteiger partial charge in [0, 0.05) is 25.9 Å². The highest BCUT2D eigenvalue weighted by molar-refractivity contribution is 5.78. The highest BCUT2D eigenvalue weighted by Crippen LogP contribution is 1.99. The maximum absolute atomic E-state index is 11.2. The van der Waals surface area contributed by atoms with Gasteiger partial charge >= 0.3 is 0 Å². The van der Waals surface area contributed by atoms with E-state index in [9.17, 15) is 4.79 Å². The zero-order valence-corrected chi connectivity index (χ0v) is 9.26. The molecule has 0 saturated heterocycles. The van der Waals surface area contributed by atoms with Gasteiger partial charge in [-0.2, -0.15) is 0 Å². The molecular weight excluding hydrogens is 210 g/mol. The summed E-state index contributed by atoms with van der Waals surface area (Å²) in [6, 6.07) is -0.808. The molecule has 0 aromatic rings. The Morgan fingerprint density at radius 1 is 1.44 bits per heavy atom. The first-order valence-electron chi connectivity index (χ1n) is 5.22. The van der Waals surface area contributed by atoms with Crippen LogP contribution in [0.5, 0.6) is 0 Å². The first-order chi connectivity index (χ1) is 7.57. The Kier molecular flexibility index (Phi) is 8.77. The third-order valence-corrected chi connectivity index (χ3v) is 1.99. The van der Waals surface area contributed by atoms with Gasteiger partial charge in [0.1, 0.15) is 5.78 Å². The van der Waals surface area contributed by atoms with Gasteiger partial charge in [0.2, 0.25) is 0 Å². The summed E-state index contributed by atoms with van der Waals surface area (Å²) in [6.07, 6.45) is 5.36. The number of carbonyl (C=O) groups is 1. The number of rotatable bonds is 9. The molecule has 0 amide bonds. The van der Waals surface area contributed by atoms with Crippen LogP contribution in [0.3, 0.4) is 0 Å². The molecule has 0 aliphatic rings. The standard InChI is InChI=1S/C11H19NO4/c1-2-3-5-9(13)6-4-7-16-8-10(12)11(14)15/h1,10-11,14-15H,3-8,12H2/t10-/m0/s1. The molecule has 0 heterocycles. The van der Waals surface area contributed by atoms with Gasteiger partial charge < -0.3 is 20.7 Å². The lowest BCUT2D eigenvalue weighted by Gasteiger charge is -2.13. The van der Waals surface area contributed by atoms with Crippen LogP contribution in [0.1, 0.15) is 25.7 Å². The summed E-state index contributed by atoms with van der Waals surface area (Å²) in [5, 5.41) is 17.3. The van der Waals surface area contributed by atoms with Crippen LogP contribution in [0, 0.1) is 12.3 Å². The molecule has 0 saturated carbocycles. The van der Waals surface area contributed by atoms with E-state index in [1.807, 2.05) is 0 Å². The van der Waals surface area contributed by atoms with Crippen molar-refractivity contribution < 1.29 is 19.7 Å². The lowest BCUT2D eigenvalue weighted by atomic mass is 10.1. The predicted octanol–water partition coefficient (Wildman–Crippen LogP) is -0.596. The third kappa shape index (κ3) is 8.38. The van der Waals surface area contributed by atoms with Crippen molar-refractivity contribution in [3.8, 4) is 12.3 Å². The fourth-order valence-corrected chi connectivity index (χ4v) is 1.01. The molecule has 92 valence electrons. The van der Waals surface area contributed by atoms with E-state index >= 15 is 0 Å². The van der Waals surface area contributed by atoms with E-state index < -0.39 is 12.3 Å². The van der Waals surface area contributed by atoms with E-state index in [1.54, 1.807) is 0 Å². The SMILES string of the molecule is C#CCCC(=O)CCCOC[C@H](N)C(O)O. The third-order valence-electron chi connectivity index (χ3n) is 1.99. The van der Waals surface area contributed by atoms with Gasteiger partial charge in [0.25, 0.3) is 0 Å². The summed E-state index contributed by atoms with van der Waals surface area (Å²) in [5.41, 5.74) is 5.31. The van der Waals surface area contributed by atoms with Gasteiger partial charge in [-0.1, -0.05) is 0 Å². The van der Waals surface area contributed by atoms with Gasteiger partial charge in [-0.15, -0.1) is 12.3 Å². The van der Waals surface area contributed by atoms with Crippen LogP contribution < -0.4 is 5.73 Å². The van der Waals surface area contributed by atoms with Crippen LogP contribution in [0.4, 0.5) is 0 Å². The number of Topliss-reactive ketones (excluding diaryl/α,β-unsaturated/α-hetero) is 1. The van der Waals surface area contributed by atoms with Crippen molar-refractivity contribution in [1.82, 2.24) is 0 Å². The van der Waals surface area contributed by atoms with Crippen molar-refractivity contribution in [1.29, 1.82) is 0 Å². The Balaban J connectivity index is 3.34. The summed E-state index contributed by atoms with van der Waals surface area (Å²) in [6.45, 7) is 0.443. The second-order valence-corrected chi connectivity index (χ2v) is 3.50. The van der Waals surface area contributed by atoms with Gasteiger partial charge in [0.05, 0.1) is 12.6 Å². The molecule has 0 bridgehead atoms. The van der Waals surface area contributed by atoms with E-state index in [0.717, 1.165) is 0 Å². The molecule has 0 rings (SSSR count). The van der Waals surface area contributed by atoms with Gasteiger partial charge in [0.15, 0.2) is 6.29 Å². The van der Waals surface area contributed by atoms with E-state index in [0.29, 0.717) is 32.3 Å². The van der Waals surface area contributed by atoms with Crippen LogP contribution in [-0.2, 0) is 9.53 Å². The molecule has 4 N–H and O–H groups in total. The number of aliphatic hydroxyl groups is 2. The molecule has 0 fully saturated rings. The van der Waals surface area contributed by atoms with Crippen LogP contribution in [0.25, 0.3) is 0 Å². The van der Waals surface area contributed by atoms with Crippen LogP contribution in [-0.4, -0.2) is 41.5 Å². The molecule has 0 aromatic heterocycles.